The number of esters is 1. The van der Waals surface area contributed by atoms with Gasteiger partial charge in [0.25, 0.3) is 5.91 Å². The van der Waals surface area contributed by atoms with Gasteiger partial charge in [0.2, 0.25) is 5.92 Å². The number of carbonyl (C=O) groups excluding carboxylic acids is 2. The minimum absolute atomic E-state index is 0.240. The fourth-order valence-electron chi connectivity index (χ4n) is 6.57. The first-order valence-electron chi connectivity index (χ1n) is 16.0. The van der Waals surface area contributed by atoms with Crippen LogP contribution in [0.2, 0.25) is 5.02 Å². The van der Waals surface area contributed by atoms with Crippen molar-refractivity contribution in [3.05, 3.63) is 95.4 Å². The minimum atomic E-state index is -2.93. The Bertz CT molecular complexity index is 1910. The van der Waals surface area contributed by atoms with Crippen LogP contribution in [-0.4, -0.2) is 50.0 Å². The maximum atomic E-state index is 14.9. The second-order valence-electron chi connectivity index (χ2n) is 13.9. The second-order valence-corrected chi connectivity index (χ2v) is 14.3. The molecular formula is C36H35ClF4N6O3. The van der Waals surface area contributed by atoms with Crippen molar-refractivity contribution in [3.63, 3.8) is 0 Å². The van der Waals surface area contributed by atoms with Crippen molar-refractivity contribution in [2.24, 2.45) is 11.3 Å². The summed E-state index contributed by atoms with van der Waals surface area (Å²) < 4.78 is 59.6. The molecule has 1 saturated heterocycles. The zero-order chi connectivity index (χ0) is 36.0. The Morgan fingerprint density at radius 1 is 1.10 bits per heavy atom. The highest BCUT2D eigenvalue weighted by Gasteiger charge is 2.55. The van der Waals surface area contributed by atoms with Gasteiger partial charge >= 0.3 is 12.5 Å². The van der Waals surface area contributed by atoms with Gasteiger partial charge in [0.15, 0.2) is 5.96 Å². The summed E-state index contributed by atoms with van der Waals surface area (Å²) in [6.45, 7) is 2.65. The van der Waals surface area contributed by atoms with Crippen LogP contribution in [0.25, 0.3) is 22.4 Å². The Labute approximate surface area is 291 Å². The predicted molar refractivity (Wildman–Crippen MR) is 178 cm³/mol. The third-order valence-electron chi connectivity index (χ3n) is 8.90. The molecule has 2 atom stereocenters. The van der Waals surface area contributed by atoms with Gasteiger partial charge in [-0.1, -0.05) is 68.8 Å². The Balaban J connectivity index is 1.38. The first-order chi connectivity index (χ1) is 23.6. The lowest BCUT2D eigenvalue weighted by molar-refractivity contribution is -0.173. The molecule has 0 spiro atoms. The maximum Gasteiger partial charge on any atom is 0.333 e. The number of hydrogen-bond donors (Lipinski definition) is 2. The highest BCUT2D eigenvalue weighted by Crippen LogP contribution is 2.45. The second kappa shape index (κ2) is 13.2. The van der Waals surface area contributed by atoms with Crippen molar-refractivity contribution in [1.29, 1.82) is 5.41 Å². The van der Waals surface area contributed by atoms with Gasteiger partial charge in [-0.25, -0.2) is 13.5 Å². The summed E-state index contributed by atoms with van der Waals surface area (Å²) in [5.74, 6) is -5.47. The van der Waals surface area contributed by atoms with E-state index in [1.165, 1.54) is 17.3 Å². The number of ether oxygens (including phenoxy) is 1. The number of hydrogen-bond acceptors (Lipinski definition) is 6. The normalized spacial score (nSPS) is 19.7. The summed E-state index contributed by atoms with van der Waals surface area (Å²) in [5, 5.41) is 16.3. The molecule has 4 aromatic rings. The Kier molecular flexibility index (Phi) is 9.23. The topological polar surface area (TPSA) is 113 Å². The molecule has 2 aromatic heterocycles. The van der Waals surface area contributed by atoms with Crippen LogP contribution >= 0.6 is 11.6 Å². The van der Waals surface area contributed by atoms with Crippen LogP contribution < -0.4 is 5.32 Å². The largest absolute Gasteiger partial charge is 0.463 e. The fraction of sp³-hybridized carbons (Fsp3) is 0.361. The van der Waals surface area contributed by atoms with Gasteiger partial charge in [0.1, 0.15) is 12.1 Å². The molecule has 6 rings (SSSR count). The van der Waals surface area contributed by atoms with Crippen molar-refractivity contribution < 1.29 is 31.9 Å². The van der Waals surface area contributed by atoms with Gasteiger partial charge in [-0.05, 0) is 52.8 Å². The number of rotatable bonds is 10. The number of aromatic nitrogens is 3. The molecule has 1 saturated carbocycles. The summed E-state index contributed by atoms with van der Waals surface area (Å²) in [4.78, 5) is 33.4. The third kappa shape index (κ3) is 6.96. The standard InChI is InChI=1S/C36H35ClF4N6O3/c1-34(2,3)20-36(25-10-7-21(8-11-25)24-17-44-46(18-24)32(38)39)31(49)47(33(42)45-36)29(19-50-30(48)23-15-35(40,41)16-23)22-9-12-27(37)26(14-22)28-6-4-5-13-43-28/h4-14,17-18,23,29,32H,15-16,19-20H2,1-3H3,(H2,42,45)/t29-,36-/m1/s1. The summed E-state index contributed by atoms with van der Waals surface area (Å²) in [7, 11) is 0. The van der Waals surface area contributed by atoms with Crippen LogP contribution in [0, 0.1) is 16.7 Å². The molecule has 3 heterocycles. The molecule has 14 heteroatoms. The Morgan fingerprint density at radius 3 is 2.42 bits per heavy atom. The van der Waals surface area contributed by atoms with E-state index in [-0.39, 0.29) is 12.4 Å². The molecule has 9 nitrogen and oxygen atoms in total. The van der Waals surface area contributed by atoms with Gasteiger partial charge in [-0.3, -0.25) is 24.9 Å². The number of guanidine groups is 1. The maximum absolute atomic E-state index is 14.9. The zero-order valence-electron chi connectivity index (χ0n) is 27.5. The number of benzene rings is 2. The molecule has 1 amide bonds. The lowest BCUT2D eigenvalue weighted by Crippen LogP contribution is -2.47. The summed E-state index contributed by atoms with van der Waals surface area (Å²) in [6.07, 6.45) is 3.16. The quantitative estimate of drug-likeness (QED) is 0.127. The molecule has 2 aliphatic rings. The van der Waals surface area contributed by atoms with Crippen LogP contribution in [0.5, 0.6) is 0 Å². The van der Waals surface area contributed by atoms with Crippen molar-refractivity contribution in [2.45, 2.75) is 64.1 Å². The van der Waals surface area contributed by atoms with E-state index in [4.69, 9.17) is 21.7 Å². The summed E-state index contributed by atoms with van der Waals surface area (Å²) in [6, 6.07) is 16.0. The van der Waals surface area contributed by atoms with Crippen LogP contribution in [0.15, 0.2) is 79.3 Å². The molecular weight excluding hydrogens is 676 g/mol. The van der Waals surface area contributed by atoms with Crippen molar-refractivity contribution in [3.8, 4) is 22.4 Å². The van der Waals surface area contributed by atoms with E-state index >= 15 is 0 Å². The number of pyridine rings is 1. The molecule has 0 unspecified atom stereocenters. The van der Waals surface area contributed by atoms with Gasteiger partial charge in [0, 0.05) is 41.4 Å². The van der Waals surface area contributed by atoms with Gasteiger partial charge in [0.05, 0.1) is 23.9 Å². The molecule has 0 bridgehead atoms. The van der Waals surface area contributed by atoms with E-state index < -0.39 is 66.7 Å². The van der Waals surface area contributed by atoms with E-state index in [0.29, 0.717) is 43.2 Å². The number of nitrogens with zero attached hydrogens (tertiary/aromatic N) is 4. The van der Waals surface area contributed by atoms with Gasteiger partial charge < -0.3 is 10.1 Å². The molecule has 0 radical (unpaired) electrons. The SMILES string of the molecule is CC(C)(C)C[C@]1(c2ccc(-c3cnn(C(F)F)c3)cc2)NC(=N)N([C@H](COC(=O)C2CC(F)(F)C2)c2ccc(Cl)c(-c3ccccn3)c2)C1=O. The molecule has 1 aliphatic carbocycles. The first kappa shape index (κ1) is 35.1. The summed E-state index contributed by atoms with van der Waals surface area (Å²) in [5.41, 5.74) is 1.24. The van der Waals surface area contributed by atoms with Crippen LogP contribution in [-0.2, 0) is 19.9 Å². The first-order valence-corrected chi connectivity index (χ1v) is 16.3. The van der Waals surface area contributed by atoms with E-state index in [9.17, 15) is 27.2 Å². The van der Waals surface area contributed by atoms with Gasteiger partial charge in [-0.2, -0.15) is 13.9 Å². The smallest absolute Gasteiger partial charge is 0.333 e. The summed E-state index contributed by atoms with van der Waals surface area (Å²) >= 11 is 6.57. The van der Waals surface area contributed by atoms with Crippen molar-refractivity contribution in [1.82, 2.24) is 25.0 Å². The van der Waals surface area contributed by atoms with Crippen LogP contribution in [0.4, 0.5) is 17.6 Å². The minimum Gasteiger partial charge on any atom is -0.463 e. The third-order valence-corrected chi connectivity index (χ3v) is 9.23. The van der Waals surface area contributed by atoms with Crippen LogP contribution in [0.3, 0.4) is 0 Å². The molecule has 2 N–H and O–H groups in total. The van der Waals surface area contributed by atoms with Crippen molar-refractivity contribution in [2.75, 3.05) is 6.61 Å². The molecule has 262 valence electrons. The van der Waals surface area contributed by atoms with E-state index in [2.05, 4.69) is 15.4 Å². The average molecular weight is 711 g/mol. The van der Waals surface area contributed by atoms with Crippen molar-refractivity contribution >= 4 is 29.4 Å². The lowest BCUT2D eigenvalue weighted by Gasteiger charge is -2.35. The molecule has 50 heavy (non-hydrogen) atoms. The number of carbonyl (C=O) groups is 2. The fourth-order valence-corrected chi connectivity index (χ4v) is 6.78. The molecule has 2 aromatic carbocycles. The zero-order valence-corrected chi connectivity index (χ0v) is 28.2. The lowest BCUT2D eigenvalue weighted by atomic mass is 9.75. The average Bonchev–Trinajstić information content (AvgIpc) is 3.64. The highest BCUT2D eigenvalue weighted by atomic mass is 35.5. The number of alkyl halides is 4. The number of halogens is 5. The number of amides is 1. The Hall–Kier alpha value is -4.78. The van der Waals surface area contributed by atoms with Crippen LogP contribution in [0.1, 0.15) is 63.8 Å². The van der Waals surface area contributed by atoms with E-state index in [0.717, 1.165) is 0 Å². The molecule has 1 aliphatic heterocycles. The van der Waals surface area contributed by atoms with E-state index in [1.54, 1.807) is 66.9 Å². The van der Waals surface area contributed by atoms with Gasteiger partial charge in [-0.15, -0.1) is 0 Å². The number of nitrogens with one attached hydrogen (secondary N) is 2. The highest BCUT2D eigenvalue weighted by molar-refractivity contribution is 6.33. The Morgan fingerprint density at radius 2 is 1.82 bits per heavy atom. The van der Waals surface area contributed by atoms with E-state index in [1.807, 2.05) is 20.8 Å². The molecule has 2 fully saturated rings. The predicted octanol–water partition coefficient (Wildman–Crippen LogP) is 7.99. The monoisotopic (exact) mass is 710 g/mol.